The van der Waals surface area contributed by atoms with Crippen LogP contribution in [0.1, 0.15) is 31.9 Å². The SMILES string of the molecule is Cc1ccc(C(=O)c2c(N)sc3c2CCSC3)cc1. The zero-order valence-corrected chi connectivity index (χ0v) is 12.4. The molecule has 0 bridgehead atoms. The highest BCUT2D eigenvalue weighted by molar-refractivity contribution is 7.98. The van der Waals surface area contributed by atoms with Gasteiger partial charge in [0.2, 0.25) is 0 Å². The van der Waals surface area contributed by atoms with Crippen LogP contribution in [0.2, 0.25) is 0 Å². The summed E-state index contributed by atoms with van der Waals surface area (Å²) in [6.45, 7) is 2.02. The summed E-state index contributed by atoms with van der Waals surface area (Å²) in [6, 6.07) is 7.72. The summed E-state index contributed by atoms with van der Waals surface area (Å²) in [4.78, 5) is 13.9. The Morgan fingerprint density at radius 3 is 2.74 bits per heavy atom. The number of hydrogen-bond acceptors (Lipinski definition) is 4. The Hall–Kier alpha value is -1.26. The van der Waals surface area contributed by atoms with E-state index < -0.39 is 0 Å². The van der Waals surface area contributed by atoms with Gasteiger partial charge in [-0.15, -0.1) is 11.3 Å². The third-order valence-corrected chi connectivity index (χ3v) is 5.62. The number of carbonyl (C=O) groups excluding carboxylic acids is 1. The van der Waals surface area contributed by atoms with Crippen LogP contribution < -0.4 is 5.73 Å². The summed E-state index contributed by atoms with van der Waals surface area (Å²) in [5.74, 6) is 2.14. The van der Waals surface area contributed by atoms with Crippen LogP contribution in [-0.2, 0) is 12.2 Å². The molecule has 19 heavy (non-hydrogen) atoms. The fourth-order valence-electron chi connectivity index (χ4n) is 2.35. The molecule has 1 aromatic heterocycles. The van der Waals surface area contributed by atoms with E-state index in [1.807, 2.05) is 43.0 Å². The Bertz CT molecular complexity index is 628. The van der Waals surface area contributed by atoms with Crippen molar-refractivity contribution in [3.05, 3.63) is 51.4 Å². The van der Waals surface area contributed by atoms with E-state index in [9.17, 15) is 4.79 Å². The van der Waals surface area contributed by atoms with Gasteiger partial charge in [-0.3, -0.25) is 4.79 Å². The number of anilines is 1. The highest BCUT2D eigenvalue weighted by Crippen LogP contribution is 2.38. The van der Waals surface area contributed by atoms with Crippen LogP contribution in [0.4, 0.5) is 5.00 Å². The Labute approximate surface area is 121 Å². The molecule has 0 amide bonds. The normalized spacial score (nSPS) is 14.2. The van der Waals surface area contributed by atoms with Crippen LogP contribution in [0.3, 0.4) is 0 Å². The van der Waals surface area contributed by atoms with Gasteiger partial charge in [-0.05, 0) is 24.7 Å². The first-order valence-electron chi connectivity index (χ1n) is 6.26. The van der Waals surface area contributed by atoms with Gasteiger partial charge in [-0.25, -0.2) is 0 Å². The minimum absolute atomic E-state index is 0.0712. The van der Waals surface area contributed by atoms with Crippen LogP contribution in [0.15, 0.2) is 24.3 Å². The molecule has 0 saturated carbocycles. The number of hydrogen-bond donors (Lipinski definition) is 1. The molecular weight excluding hydrogens is 274 g/mol. The second kappa shape index (κ2) is 5.02. The van der Waals surface area contributed by atoms with Gasteiger partial charge >= 0.3 is 0 Å². The molecule has 0 unspecified atom stereocenters. The van der Waals surface area contributed by atoms with Gasteiger partial charge < -0.3 is 5.73 Å². The summed E-state index contributed by atoms with van der Waals surface area (Å²) in [5, 5.41) is 0.679. The largest absolute Gasteiger partial charge is 0.390 e. The van der Waals surface area contributed by atoms with Crippen molar-refractivity contribution >= 4 is 33.9 Å². The molecule has 2 N–H and O–H groups in total. The van der Waals surface area contributed by atoms with Crippen molar-refractivity contribution in [1.29, 1.82) is 0 Å². The average Bonchev–Trinajstić information content (AvgIpc) is 2.74. The predicted molar refractivity (Wildman–Crippen MR) is 83.2 cm³/mol. The predicted octanol–water partition coefficient (Wildman–Crippen LogP) is 3.66. The van der Waals surface area contributed by atoms with E-state index in [1.54, 1.807) is 11.3 Å². The van der Waals surface area contributed by atoms with Crippen LogP contribution >= 0.6 is 23.1 Å². The number of thiophene rings is 1. The summed E-state index contributed by atoms with van der Waals surface area (Å²) in [6.07, 6.45) is 0.959. The maximum absolute atomic E-state index is 12.6. The van der Waals surface area contributed by atoms with Gasteiger partial charge in [-0.2, -0.15) is 11.8 Å². The van der Waals surface area contributed by atoms with Crippen LogP contribution in [-0.4, -0.2) is 11.5 Å². The second-order valence-electron chi connectivity index (χ2n) is 4.74. The number of ketones is 1. The number of benzene rings is 1. The fourth-order valence-corrected chi connectivity index (χ4v) is 4.60. The number of thioether (sulfide) groups is 1. The van der Waals surface area contributed by atoms with Gasteiger partial charge in [-0.1, -0.05) is 29.8 Å². The average molecular weight is 289 g/mol. The Morgan fingerprint density at radius 2 is 2.00 bits per heavy atom. The lowest BCUT2D eigenvalue weighted by atomic mass is 9.98. The lowest BCUT2D eigenvalue weighted by Crippen LogP contribution is -2.09. The summed E-state index contributed by atoms with van der Waals surface area (Å²) < 4.78 is 0. The van der Waals surface area contributed by atoms with E-state index in [-0.39, 0.29) is 5.78 Å². The van der Waals surface area contributed by atoms with Crippen molar-refractivity contribution in [2.75, 3.05) is 11.5 Å². The summed E-state index contributed by atoms with van der Waals surface area (Å²) in [5.41, 5.74) is 9.91. The molecule has 4 heteroatoms. The zero-order chi connectivity index (χ0) is 13.4. The van der Waals surface area contributed by atoms with Gasteiger partial charge in [0.05, 0.1) is 10.6 Å². The maximum Gasteiger partial charge on any atom is 0.196 e. The van der Waals surface area contributed by atoms with E-state index in [0.29, 0.717) is 5.00 Å². The number of rotatable bonds is 2. The number of nitrogen functional groups attached to an aromatic ring is 1. The molecule has 0 saturated heterocycles. The molecule has 0 radical (unpaired) electrons. The van der Waals surface area contributed by atoms with E-state index in [4.69, 9.17) is 5.73 Å². The number of carbonyl (C=O) groups is 1. The molecule has 0 fully saturated rings. The maximum atomic E-state index is 12.6. The molecule has 0 aliphatic carbocycles. The number of aryl methyl sites for hydroxylation is 1. The second-order valence-corrected chi connectivity index (χ2v) is 6.98. The minimum atomic E-state index is 0.0712. The molecule has 2 aromatic rings. The first-order valence-corrected chi connectivity index (χ1v) is 8.23. The lowest BCUT2D eigenvalue weighted by molar-refractivity contribution is 0.103. The topological polar surface area (TPSA) is 43.1 Å². The highest BCUT2D eigenvalue weighted by Gasteiger charge is 2.24. The molecule has 3 rings (SSSR count). The third-order valence-electron chi connectivity index (χ3n) is 3.39. The Balaban J connectivity index is 2.04. The molecular formula is C15H15NOS2. The van der Waals surface area contributed by atoms with Gasteiger partial charge in [0.25, 0.3) is 0 Å². The van der Waals surface area contributed by atoms with Crippen molar-refractivity contribution in [1.82, 2.24) is 0 Å². The van der Waals surface area contributed by atoms with E-state index in [0.717, 1.165) is 34.6 Å². The first kappa shape index (κ1) is 12.8. The number of nitrogens with two attached hydrogens (primary N) is 1. The standard InChI is InChI=1S/C15H15NOS2/c1-9-2-4-10(5-3-9)14(17)13-11-6-7-18-8-12(11)19-15(13)16/h2-5H,6-8,16H2,1H3. The van der Waals surface area contributed by atoms with Crippen molar-refractivity contribution in [3.63, 3.8) is 0 Å². The first-order chi connectivity index (χ1) is 9.16. The highest BCUT2D eigenvalue weighted by atomic mass is 32.2. The summed E-state index contributed by atoms with van der Waals surface area (Å²) in [7, 11) is 0. The molecule has 1 aliphatic rings. The van der Waals surface area contributed by atoms with Gasteiger partial charge in [0, 0.05) is 16.2 Å². The Kier molecular flexibility index (Phi) is 3.37. The molecule has 2 heterocycles. The van der Waals surface area contributed by atoms with Crippen molar-refractivity contribution in [2.45, 2.75) is 19.1 Å². The van der Waals surface area contributed by atoms with Gasteiger partial charge in [0.15, 0.2) is 5.78 Å². The third kappa shape index (κ3) is 2.30. The van der Waals surface area contributed by atoms with Crippen LogP contribution in [0.5, 0.6) is 0 Å². The van der Waals surface area contributed by atoms with Crippen LogP contribution in [0.25, 0.3) is 0 Å². The molecule has 2 nitrogen and oxygen atoms in total. The van der Waals surface area contributed by atoms with Crippen molar-refractivity contribution in [3.8, 4) is 0 Å². The van der Waals surface area contributed by atoms with Gasteiger partial charge in [0.1, 0.15) is 0 Å². The van der Waals surface area contributed by atoms with E-state index in [2.05, 4.69) is 0 Å². The zero-order valence-electron chi connectivity index (χ0n) is 10.7. The minimum Gasteiger partial charge on any atom is -0.390 e. The molecule has 98 valence electrons. The smallest absolute Gasteiger partial charge is 0.196 e. The van der Waals surface area contributed by atoms with E-state index in [1.165, 1.54) is 10.4 Å². The molecule has 1 aliphatic heterocycles. The summed E-state index contributed by atoms with van der Waals surface area (Å²) >= 11 is 3.49. The lowest BCUT2D eigenvalue weighted by Gasteiger charge is -2.12. The van der Waals surface area contributed by atoms with Crippen molar-refractivity contribution < 1.29 is 4.79 Å². The van der Waals surface area contributed by atoms with Crippen molar-refractivity contribution in [2.24, 2.45) is 0 Å². The van der Waals surface area contributed by atoms with E-state index >= 15 is 0 Å². The molecule has 0 spiro atoms. The monoisotopic (exact) mass is 289 g/mol. The van der Waals surface area contributed by atoms with Crippen LogP contribution in [0, 0.1) is 6.92 Å². The quantitative estimate of drug-likeness (QED) is 0.858. The Morgan fingerprint density at radius 1 is 1.26 bits per heavy atom. The number of fused-ring (bicyclic) bond motifs is 1. The fraction of sp³-hybridized carbons (Fsp3) is 0.267. The molecule has 1 aromatic carbocycles. The molecule has 0 atom stereocenters.